The van der Waals surface area contributed by atoms with Gasteiger partial charge in [0.2, 0.25) is 5.69 Å². The van der Waals surface area contributed by atoms with Crippen molar-refractivity contribution < 1.29 is 14.0 Å². The van der Waals surface area contributed by atoms with Gasteiger partial charge in [0.25, 0.3) is 5.91 Å². The Morgan fingerprint density at radius 3 is 2.83 bits per heavy atom. The van der Waals surface area contributed by atoms with E-state index in [1.165, 1.54) is 13.2 Å². The van der Waals surface area contributed by atoms with Crippen molar-refractivity contribution in [3.8, 4) is 0 Å². The molecular weight excluding hydrogens is 323 g/mol. The van der Waals surface area contributed by atoms with Gasteiger partial charge in [-0.3, -0.25) is 9.63 Å². The van der Waals surface area contributed by atoms with Gasteiger partial charge in [0, 0.05) is 11.3 Å². The van der Waals surface area contributed by atoms with E-state index in [4.69, 9.17) is 18.2 Å². The van der Waals surface area contributed by atoms with Gasteiger partial charge in [0.05, 0.1) is 13.7 Å². The molecule has 2 aromatic rings. The summed E-state index contributed by atoms with van der Waals surface area (Å²) >= 11 is 5.82. The first-order valence-electron chi connectivity index (χ1n) is 6.40. The normalized spacial score (nSPS) is 10.0. The average molecular weight is 335 g/mol. The Balaban J connectivity index is 2.37. The van der Waals surface area contributed by atoms with Crippen LogP contribution in [0.3, 0.4) is 0 Å². The third-order valence-electron chi connectivity index (χ3n) is 2.98. The molecule has 8 heteroatoms. The molecule has 2 rings (SSSR count). The summed E-state index contributed by atoms with van der Waals surface area (Å²) in [6.45, 7) is 8.66. The lowest BCUT2D eigenvalue weighted by Crippen LogP contribution is -2.21. The van der Waals surface area contributed by atoms with Crippen LogP contribution in [-0.2, 0) is 4.84 Å². The summed E-state index contributed by atoms with van der Waals surface area (Å²) in [5.74, 6) is -1.29. The molecule has 0 aliphatic carbocycles. The van der Waals surface area contributed by atoms with E-state index < -0.39 is 11.7 Å². The Morgan fingerprint density at radius 2 is 2.17 bits per heavy atom. The number of nitrogens with zero attached hydrogens (tertiary/aromatic N) is 2. The third-order valence-corrected chi connectivity index (χ3v) is 3.26. The number of aromatic nitrogens is 1. The standard InChI is InChI=1S/C15H12ClFN4O2/c1-8-4-5-9(15(22)21-23-3)6-11(8)19-14-10(17)7-12(18-2)13(16)20-14/h4-7H,1,3H3,(H,19,20)(H,21,22). The zero-order chi connectivity index (χ0) is 17.0. The maximum absolute atomic E-state index is 14.0. The number of carbonyl (C=O) groups excluding carboxylic acids is 1. The number of hydrogen-bond donors (Lipinski definition) is 2. The van der Waals surface area contributed by atoms with Gasteiger partial charge in [0.1, 0.15) is 5.15 Å². The van der Waals surface area contributed by atoms with Crippen LogP contribution in [0.1, 0.15) is 15.9 Å². The first-order chi connectivity index (χ1) is 11.0. The first-order valence-corrected chi connectivity index (χ1v) is 6.78. The number of hydrogen-bond acceptors (Lipinski definition) is 4. The Morgan fingerprint density at radius 1 is 1.43 bits per heavy atom. The molecule has 2 N–H and O–H groups in total. The van der Waals surface area contributed by atoms with Gasteiger partial charge in [-0.2, -0.15) is 0 Å². The highest BCUT2D eigenvalue weighted by Crippen LogP contribution is 2.29. The summed E-state index contributed by atoms with van der Waals surface area (Å²) in [6.07, 6.45) is 0. The second-order valence-corrected chi connectivity index (χ2v) is 4.89. The number of pyridine rings is 1. The second kappa shape index (κ2) is 7.05. The number of carbonyl (C=O) groups is 1. The van der Waals surface area contributed by atoms with E-state index in [-0.39, 0.29) is 16.7 Å². The maximum Gasteiger partial charge on any atom is 0.274 e. The molecule has 0 saturated heterocycles. The van der Waals surface area contributed by atoms with Gasteiger partial charge >= 0.3 is 0 Å². The summed E-state index contributed by atoms with van der Waals surface area (Å²) in [5.41, 5.74) is 3.70. The van der Waals surface area contributed by atoms with Crippen molar-refractivity contribution >= 4 is 34.7 Å². The molecule has 23 heavy (non-hydrogen) atoms. The Kier molecular flexibility index (Phi) is 5.11. The van der Waals surface area contributed by atoms with Gasteiger partial charge in [0.15, 0.2) is 11.6 Å². The lowest BCUT2D eigenvalue weighted by Gasteiger charge is -2.12. The molecule has 6 nitrogen and oxygen atoms in total. The smallest absolute Gasteiger partial charge is 0.274 e. The number of benzene rings is 1. The van der Waals surface area contributed by atoms with Crippen LogP contribution in [-0.4, -0.2) is 18.0 Å². The summed E-state index contributed by atoms with van der Waals surface area (Å²) in [7, 11) is 1.32. The van der Waals surface area contributed by atoms with Crippen LogP contribution in [0.2, 0.25) is 5.15 Å². The molecule has 0 spiro atoms. The molecule has 0 saturated carbocycles. The summed E-state index contributed by atoms with van der Waals surface area (Å²) in [4.78, 5) is 23.2. The van der Waals surface area contributed by atoms with Gasteiger partial charge in [-0.15, -0.1) is 0 Å². The highest BCUT2D eigenvalue weighted by atomic mass is 35.5. The SMILES string of the molecule is [C-]#[N+]c1cc(F)c(Nc2cc(C(=O)NOC)ccc2C)nc1Cl. The quantitative estimate of drug-likeness (QED) is 0.507. The fraction of sp³-hybridized carbons (Fsp3) is 0.133. The molecule has 1 aromatic heterocycles. The predicted molar refractivity (Wildman–Crippen MR) is 84.4 cm³/mol. The molecular formula is C15H12ClFN4O2. The van der Waals surface area contributed by atoms with E-state index in [0.29, 0.717) is 11.3 Å². The first kappa shape index (κ1) is 16.7. The monoisotopic (exact) mass is 334 g/mol. The molecule has 1 heterocycles. The molecule has 118 valence electrons. The molecule has 0 radical (unpaired) electrons. The average Bonchev–Trinajstić information content (AvgIpc) is 2.52. The summed E-state index contributed by atoms with van der Waals surface area (Å²) < 4.78 is 14.0. The third kappa shape index (κ3) is 3.74. The lowest BCUT2D eigenvalue weighted by molar-refractivity contribution is 0.0537. The minimum atomic E-state index is -0.716. The number of hydroxylamine groups is 1. The van der Waals surface area contributed by atoms with Crippen LogP contribution >= 0.6 is 11.6 Å². The number of halogens is 2. The minimum absolute atomic E-state index is 0.0698. The molecule has 1 amide bonds. The van der Waals surface area contributed by atoms with Crippen LogP contribution < -0.4 is 10.8 Å². The van der Waals surface area contributed by atoms with E-state index in [1.807, 2.05) is 0 Å². The number of anilines is 2. The lowest BCUT2D eigenvalue weighted by atomic mass is 10.1. The molecule has 0 unspecified atom stereocenters. The predicted octanol–water partition coefficient (Wildman–Crippen LogP) is 3.77. The molecule has 0 aliphatic heterocycles. The van der Waals surface area contributed by atoms with Crippen LogP contribution in [0, 0.1) is 19.3 Å². The van der Waals surface area contributed by atoms with Gasteiger partial charge < -0.3 is 5.32 Å². The van der Waals surface area contributed by atoms with Crippen molar-refractivity contribution in [2.45, 2.75) is 6.92 Å². The zero-order valence-electron chi connectivity index (χ0n) is 12.3. The van der Waals surface area contributed by atoms with Crippen LogP contribution in [0.5, 0.6) is 0 Å². The van der Waals surface area contributed by atoms with Crippen molar-refractivity contribution in [3.05, 3.63) is 57.8 Å². The Bertz CT molecular complexity index is 805. The van der Waals surface area contributed by atoms with Gasteiger partial charge in [-0.25, -0.2) is 19.7 Å². The zero-order valence-corrected chi connectivity index (χ0v) is 13.0. The molecule has 0 bridgehead atoms. The van der Waals surface area contributed by atoms with Gasteiger partial charge in [-0.1, -0.05) is 17.7 Å². The van der Waals surface area contributed by atoms with Crippen molar-refractivity contribution in [2.75, 3.05) is 12.4 Å². The highest BCUT2D eigenvalue weighted by molar-refractivity contribution is 6.32. The molecule has 1 aromatic carbocycles. The van der Waals surface area contributed by atoms with Crippen molar-refractivity contribution in [3.63, 3.8) is 0 Å². The number of nitrogens with one attached hydrogen (secondary N) is 2. The van der Waals surface area contributed by atoms with Crippen LogP contribution in [0.25, 0.3) is 4.85 Å². The fourth-order valence-electron chi connectivity index (χ4n) is 1.80. The number of rotatable bonds is 4. The topological polar surface area (TPSA) is 67.6 Å². The fourth-order valence-corrected chi connectivity index (χ4v) is 1.98. The van der Waals surface area contributed by atoms with Crippen molar-refractivity contribution in [2.24, 2.45) is 0 Å². The number of amides is 1. The summed E-state index contributed by atoms with van der Waals surface area (Å²) in [5, 5.41) is 2.67. The Hall–Kier alpha value is -2.69. The summed E-state index contributed by atoms with van der Waals surface area (Å²) in [6, 6.07) is 5.83. The Labute approximate surface area is 137 Å². The largest absolute Gasteiger partial charge is 0.338 e. The van der Waals surface area contributed by atoms with E-state index in [0.717, 1.165) is 11.6 Å². The van der Waals surface area contributed by atoms with Gasteiger partial charge in [-0.05, 0) is 30.7 Å². The maximum atomic E-state index is 14.0. The molecule has 0 fully saturated rings. The van der Waals surface area contributed by atoms with E-state index >= 15 is 0 Å². The van der Waals surface area contributed by atoms with Crippen LogP contribution in [0.15, 0.2) is 24.3 Å². The molecule has 0 aliphatic rings. The second-order valence-electron chi connectivity index (χ2n) is 4.53. The van der Waals surface area contributed by atoms with Crippen molar-refractivity contribution in [1.29, 1.82) is 0 Å². The number of aryl methyl sites for hydroxylation is 1. The van der Waals surface area contributed by atoms with Crippen LogP contribution in [0.4, 0.5) is 21.6 Å². The van der Waals surface area contributed by atoms with E-state index in [1.54, 1.807) is 19.1 Å². The highest BCUT2D eigenvalue weighted by Gasteiger charge is 2.13. The molecule has 0 atom stereocenters. The van der Waals surface area contributed by atoms with Crippen molar-refractivity contribution in [1.82, 2.24) is 10.5 Å². The van der Waals surface area contributed by atoms with E-state index in [9.17, 15) is 9.18 Å². The van der Waals surface area contributed by atoms with E-state index in [2.05, 4.69) is 25.5 Å². The minimum Gasteiger partial charge on any atom is -0.338 e.